The number of nitrogens with zero attached hydrogens (tertiary/aromatic N) is 5. The molecule has 1 aliphatic carbocycles. The van der Waals surface area contributed by atoms with E-state index >= 15 is 0 Å². The maximum absolute atomic E-state index is 4.71. The molecule has 0 spiro atoms. The molecule has 0 aliphatic heterocycles. The van der Waals surface area contributed by atoms with Crippen molar-refractivity contribution >= 4 is 0 Å². The third kappa shape index (κ3) is 3.50. The van der Waals surface area contributed by atoms with Crippen LogP contribution in [-0.2, 0) is 13.1 Å². The Morgan fingerprint density at radius 3 is 2.90 bits per heavy atom. The summed E-state index contributed by atoms with van der Waals surface area (Å²) in [5.41, 5.74) is 1.05. The van der Waals surface area contributed by atoms with Crippen LogP contribution in [0.4, 0.5) is 0 Å². The molecule has 21 heavy (non-hydrogen) atoms. The largest absolute Gasteiger partial charge is 0.308 e. The number of hydrogen-bond acceptors (Lipinski definition) is 4. The van der Waals surface area contributed by atoms with Gasteiger partial charge in [-0.2, -0.15) is 10.2 Å². The lowest BCUT2D eigenvalue weighted by Crippen LogP contribution is -2.24. The minimum atomic E-state index is 0.441. The van der Waals surface area contributed by atoms with E-state index < -0.39 is 0 Å². The van der Waals surface area contributed by atoms with Gasteiger partial charge in [-0.1, -0.05) is 26.7 Å². The molecule has 2 aromatic heterocycles. The molecular weight excluding hydrogens is 264 g/mol. The maximum atomic E-state index is 4.71. The molecular formula is C15H24N6. The SMILES string of the molecule is CC(C)NCc1ncnn1Cc1ccn(C2CCCC2)n1. The fraction of sp³-hybridized carbons (Fsp3) is 0.667. The highest BCUT2D eigenvalue weighted by atomic mass is 15.4. The molecule has 0 saturated heterocycles. The Morgan fingerprint density at radius 1 is 1.33 bits per heavy atom. The van der Waals surface area contributed by atoms with E-state index in [2.05, 4.69) is 46.2 Å². The second kappa shape index (κ2) is 6.39. The quantitative estimate of drug-likeness (QED) is 0.884. The van der Waals surface area contributed by atoms with Crippen molar-refractivity contribution in [1.29, 1.82) is 0 Å². The van der Waals surface area contributed by atoms with E-state index in [9.17, 15) is 0 Å². The molecule has 0 radical (unpaired) electrons. The van der Waals surface area contributed by atoms with Gasteiger partial charge in [0.2, 0.25) is 0 Å². The molecule has 0 atom stereocenters. The smallest absolute Gasteiger partial charge is 0.141 e. The minimum Gasteiger partial charge on any atom is -0.308 e. The molecule has 0 aromatic carbocycles. The minimum absolute atomic E-state index is 0.441. The predicted molar refractivity (Wildman–Crippen MR) is 80.8 cm³/mol. The average molecular weight is 288 g/mol. The number of rotatable bonds is 6. The Kier molecular flexibility index (Phi) is 4.34. The van der Waals surface area contributed by atoms with Crippen molar-refractivity contribution in [1.82, 2.24) is 29.9 Å². The third-order valence-corrected chi connectivity index (χ3v) is 4.04. The zero-order valence-electron chi connectivity index (χ0n) is 12.9. The zero-order valence-corrected chi connectivity index (χ0v) is 12.9. The molecule has 6 nitrogen and oxygen atoms in total. The first-order valence-corrected chi connectivity index (χ1v) is 7.86. The van der Waals surface area contributed by atoms with Crippen molar-refractivity contribution in [3.8, 4) is 0 Å². The van der Waals surface area contributed by atoms with Gasteiger partial charge in [-0.15, -0.1) is 0 Å². The molecule has 0 unspecified atom stereocenters. The molecule has 0 amide bonds. The highest BCUT2D eigenvalue weighted by Crippen LogP contribution is 2.28. The number of aromatic nitrogens is 5. The molecule has 1 fully saturated rings. The second-order valence-electron chi connectivity index (χ2n) is 6.09. The van der Waals surface area contributed by atoms with Crippen molar-refractivity contribution in [2.45, 2.75) is 64.7 Å². The molecule has 3 rings (SSSR count). The van der Waals surface area contributed by atoms with Crippen LogP contribution in [0.3, 0.4) is 0 Å². The van der Waals surface area contributed by atoms with Crippen LogP contribution < -0.4 is 5.32 Å². The van der Waals surface area contributed by atoms with Gasteiger partial charge < -0.3 is 5.32 Å². The summed E-state index contributed by atoms with van der Waals surface area (Å²) in [6.45, 7) is 5.68. The molecule has 1 saturated carbocycles. The lowest BCUT2D eigenvalue weighted by Gasteiger charge is -2.10. The molecule has 6 heteroatoms. The van der Waals surface area contributed by atoms with Crippen molar-refractivity contribution in [2.75, 3.05) is 0 Å². The second-order valence-corrected chi connectivity index (χ2v) is 6.09. The topological polar surface area (TPSA) is 60.6 Å². The van der Waals surface area contributed by atoms with E-state index in [4.69, 9.17) is 5.10 Å². The van der Waals surface area contributed by atoms with Gasteiger partial charge in [0, 0.05) is 12.2 Å². The van der Waals surface area contributed by atoms with Crippen LogP contribution in [0, 0.1) is 0 Å². The summed E-state index contributed by atoms with van der Waals surface area (Å²) in [5.74, 6) is 0.958. The first kappa shape index (κ1) is 14.3. The summed E-state index contributed by atoms with van der Waals surface area (Å²) in [5, 5.41) is 12.4. The van der Waals surface area contributed by atoms with Gasteiger partial charge in [0.05, 0.1) is 24.8 Å². The number of hydrogen-bond donors (Lipinski definition) is 1. The Hall–Kier alpha value is -1.69. The highest BCUT2D eigenvalue weighted by Gasteiger charge is 2.17. The molecule has 2 aromatic rings. The zero-order chi connectivity index (χ0) is 14.7. The number of nitrogens with one attached hydrogen (secondary N) is 1. The summed E-state index contributed by atoms with van der Waals surface area (Å²) >= 11 is 0. The average Bonchev–Trinajstić information content (AvgIpc) is 3.18. The van der Waals surface area contributed by atoms with Crippen LogP contribution in [0.1, 0.15) is 57.1 Å². The van der Waals surface area contributed by atoms with Crippen molar-refractivity contribution in [2.24, 2.45) is 0 Å². The molecule has 114 valence electrons. The fourth-order valence-electron chi connectivity index (χ4n) is 2.84. The van der Waals surface area contributed by atoms with Crippen LogP contribution in [0.5, 0.6) is 0 Å². The summed E-state index contributed by atoms with van der Waals surface area (Å²) in [4.78, 5) is 4.32. The lowest BCUT2D eigenvalue weighted by molar-refractivity contribution is 0.459. The normalized spacial score (nSPS) is 16.1. The van der Waals surface area contributed by atoms with Crippen molar-refractivity contribution in [3.05, 3.63) is 30.1 Å². The molecule has 1 aliphatic rings. The first-order chi connectivity index (χ1) is 10.2. The fourth-order valence-corrected chi connectivity index (χ4v) is 2.84. The Bertz CT molecular complexity index is 564. The van der Waals surface area contributed by atoms with Crippen LogP contribution >= 0.6 is 0 Å². The van der Waals surface area contributed by atoms with Crippen molar-refractivity contribution < 1.29 is 0 Å². The van der Waals surface area contributed by atoms with Gasteiger partial charge in [0.15, 0.2) is 0 Å². The van der Waals surface area contributed by atoms with E-state index in [0.29, 0.717) is 18.6 Å². The summed E-state index contributed by atoms with van der Waals surface area (Å²) in [7, 11) is 0. The summed E-state index contributed by atoms with van der Waals surface area (Å²) in [6, 6.07) is 3.13. The Balaban J connectivity index is 1.65. The highest BCUT2D eigenvalue weighted by molar-refractivity contribution is 5.02. The molecule has 1 N–H and O–H groups in total. The van der Waals surface area contributed by atoms with E-state index in [1.165, 1.54) is 25.7 Å². The summed E-state index contributed by atoms with van der Waals surface area (Å²) < 4.78 is 4.06. The van der Waals surface area contributed by atoms with Crippen molar-refractivity contribution in [3.63, 3.8) is 0 Å². The van der Waals surface area contributed by atoms with E-state index in [1.807, 2.05) is 4.68 Å². The van der Waals surface area contributed by atoms with Gasteiger partial charge >= 0.3 is 0 Å². The van der Waals surface area contributed by atoms with Gasteiger partial charge in [-0.05, 0) is 18.9 Å². The van der Waals surface area contributed by atoms with Gasteiger partial charge in [0.1, 0.15) is 12.2 Å². The van der Waals surface area contributed by atoms with E-state index in [0.717, 1.165) is 18.1 Å². The Morgan fingerprint density at radius 2 is 2.14 bits per heavy atom. The van der Waals surface area contributed by atoms with Crippen LogP contribution in [0.15, 0.2) is 18.6 Å². The van der Waals surface area contributed by atoms with Gasteiger partial charge in [0.25, 0.3) is 0 Å². The lowest BCUT2D eigenvalue weighted by atomic mass is 10.3. The predicted octanol–water partition coefficient (Wildman–Crippen LogP) is 2.14. The van der Waals surface area contributed by atoms with E-state index in [1.54, 1.807) is 6.33 Å². The third-order valence-electron chi connectivity index (χ3n) is 4.04. The monoisotopic (exact) mass is 288 g/mol. The van der Waals surface area contributed by atoms with Crippen LogP contribution in [0.2, 0.25) is 0 Å². The van der Waals surface area contributed by atoms with Gasteiger partial charge in [-0.25, -0.2) is 9.67 Å². The van der Waals surface area contributed by atoms with Gasteiger partial charge in [-0.3, -0.25) is 4.68 Å². The van der Waals surface area contributed by atoms with Crippen LogP contribution in [-0.4, -0.2) is 30.6 Å². The maximum Gasteiger partial charge on any atom is 0.141 e. The van der Waals surface area contributed by atoms with E-state index in [-0.39, 0.29) is 0 Å². The van der Waals surface area contributed by atoms with Crippen LogP contribution in [0.25, 0.3) is 0 Å². The first-order valence-electron chi connectivity index (χ1n) is 7.86. The summed E-state index contributed by atoms with van der Waals surface area (Å²) in [6.07, 6.45) is 8.89. The molecule has 2 heterocycles. The Labute approximate surface area is 125 Å². The molecule has 0 bridgehead atoms. The standard InChI is InChI=1S/C15H24N6/c1-12(2)16-9-15-17-11-18-21(15)10-13-7-8-20(19-13)14-5-3-4-6-14/h7-8,11-12,14,16H,3-6,9-10H2,1-2H3.